The van der Waals surface area contributed by atoms with Gasteiger partial charge in [0.25, 0.3) is 5.91 Å². The number of hydrogen-bond donors (Lipinski definition) is 0. The maximum Gasteiger partial charge on any atom is 0.297 e. The van der Waals surface area contributed by atoms with Gasteiger partial charge in [-0.15, -0.1) is 10.2 Å². The number of aryl methyl sites for hydroxylation is 1. The first-order chi connectivity index (χ1) is 6.56. The van der Waals surface area contributed by atoms with Gasteiger partial charge in [-0.3, -0.25) is 9.63 Å². The van der Waals surface area contributed by atoms with E-state index in [9.17, 15) is 4.79 Å². The number of hydrogen-bond acceptors (Lipinski definition) is 4. The molecule has 0 unspecified atom stereocenters. The Morgan fingerprint density at radius 1 is 1.57 bits per heavy atom. The Morgan fingerprint density at radius 3 is 2.71 bits per heavy atom. The highest BCUT2D eigenvalue weighted by Gasteiger charge is 2.14. The van der Waals surface area contributed by atoms with Gasteiger partial charge in [0.05, 0.1) is 7.11 Å². The van der Waals surface area contributed by atoms with Crippen molar-refractivity contribution in [3.05, 3.63) is 21.9 Å². The summed E-state index contributed by atoms with van der Waals surface area (Å²) in [6.45, 7) is 1.84. The molecule has 0 radical (unpaired) electrons. The smallest absolute Gasteiger partial charge is 0.274 e. The highest BCUT2D eigenvalue weighted by Crippen LogP contribution is 2.12. The third-order valence-electron chi connectivity index (χ3n) is 1.70. The lowest BCUT2D eigenvalue weighted by Crippen LogP contribution is -2.26. The molecule has 76 valence electrons. The first kappa shape index (κ1) is 11.1. The minimum atomic E-state index is -0.324. The van der Waals surface area contributed by atoms with Gasteiger partial charge in [0, 0.05) is 7.05 Å². The predicted molar refractivity (Wildman–Crippen MR) is 53.6 cm³/mol. The highest BCUT2D eigenvalue weighted by molar-refractivity contribution is 9.10. The van der Waals surface area contributed by atoms with Crippen molar-refractivity contribution < 1.29 is 9.63 Å². The molecule has 0 saturated heterocycles. The van der Waals surface area contributed by atoms with E-state index >= 15 is 0 Å². The van der Waals surface area contributed by atoms with Crippen LogP contribution in [0.2, 0.25) is 0 Å². The monoisotopic (exact) mass is 259 g/mol. The van der Waals surface area contributed by atoms with Crippen LogP contribution in [0.25, 0.3) is 0 Å². The van der Waals surface area contributed by atoms with Crippen LogP contribution in [-0.2, 0) is 4.84 Å². The van der Waals surface area contributed by atoms with Crippen LogP contribution in [0.3, 0.4) is 0 Å². The van der Waals surface area contributed by atoms with Crippen LogP contribution in [-0.4, -0.2) is 35.3 Å². The Hall–Kier alpha value is -1.01. The molecule has 1 aromatic heterocycles. The average molecular weight is 260 g/mol. The molecule has 0 fully saturated rings. The number of aromatic nitrogens is 2. The lowest BCUT2D eigenvalue weighted by atomic mass is 10.3. The van der Waals surface area contributed by atoms with Gasteiger partial charge in [-0.05, 0) is 34.5 Å². The Morgan fingerprint density at radius 2 is 2.21 bits per heavy atom. The second kappa shape index (κ2) is 4.47. The van der Waals surface area contributed by atoms with Crippen molar-refractivity contribution in [3.63, 3.8) is 0 Å². The number of hydroxylamine groups is 2. The standard InChI is InChI=1S/C8H10BrN3O2/c1-5-4-6(10-11-7(5)9)8(13)12(2)14-3/h4H,1-3H3. The molecule has 1 heterocycles. The van der Waals surface area contributed by atoms with Crippen LogP contribution in [0.1, 0.15) is 16.1 Å². The van der Waals surface area contributed by atoms with E-state index in [1.807, 2.05) is 6.92 Å². The largest absolute Gasteiger partial charge is 0.297 e. The normalized spacial score (nSPS) is 10.0. The van der Waals surface area contributed by atoms with Gasteiger partial charge >= 0.3 is 0 Å². The molecule has 0 aliphatic rings. The van der Waals surface area contributed by atoms with Crippen LogP contribution >= 0.6 is 15.9 Å². The second-order valence-electron chi connectivity index (χ2n) is 2.69. The third-order valence-corrected chi connectivity index (χ3v) is 2.49. The van der Waals surface area contributed by atoms with E-state index in [4.69, 9.17) is 4.84 Å². The lowest BCUT2D eigenvalue weighted by molar-refractivity contribution is -0.0761. The maximum absolute atomic E-state index is 11.5. The summed E-state index contributed by atoms with van der Waals surface area (Å²) in [4.78, 5) is 16.3. The van der Waals surface area contributed by atoms with Gasteiger partial charge in [0.1, 0.15) is 4.60 Å². The molecular weight excluding hydrogens is 250 g/mol. The zero-order valence-corrected chi connectivity index (χ0v) is 9.70. The van der Waals surface area contributed by atoms with E-state index in [1.54, 1.807) is 6.07 Å². The van der Waals surface area contributed by atoms with Crippen molar-refractivity contribution in [2.24, 2.45) is 0 Å². The molecule has 1 amide bonds. The summed E-state index contributed by atoms with van der Waals surface area (Å²) in [7, 11) is 2.93. The molecule has 0 bridgehead atoms. The molecule has 1 rings (SSSR count). The van der Waals surface area contributed by atoms with Crippen LogP contribution in [0, 0.1) is 6.92 Å². The Kier molecular flexibility index (Phi) is 3.54. The number of carbonyl (C=O) groups excluding carboxylic acids is 1. The van der Waals surface area contributed by atoms with Crippen molar-refractivity contribution >= 4 is 21.8 Å². The third kappa shape index (κ3) is 2.27. The van der Waals surface area contributed by atoms with Gasteiger partial charge < -0.3 is 0 Å². The number of carbonyl (C=O) groups is 1. The molecule has 0 spiro atoms. The highest BCUT2D eigenvalue weighted by atomic mass is 79.9. The van der Waals surface area contributed by atoms with Crippen LogP contribution in [0.5, 0.6) is 0 Å². The van der Waals surface area contributed by atoms with Crippen molar-refractivity contribution in [3.8, 4) is 0 Å². The zero-order chi connectivity index (χ0) is 10.7. The van der Waals surface area contributed by atoms with E-state index in [0.717, 1.165) is 10.6 Å². The molecule has 0 atom stereocenters. The van der Waals surface area contributed by atoms with E-state index in [0.29, 0.717) is 4.60 Å². The van der Waals surface area contributed by atoms with Gasteiger partial charge in [-0.2, -0.15) is 0 Å². The average Bonchev–Trinajstić information content (AvgIpc) is 2.20. The summed E-state index contributed by atoms with van der Waals surface area (Å²) in [6.07, 6.45) is 0. The van der Waals surface area contributed by atoms with E-state index in [2.05, 4.69) is 26.1 Å². The topological polar surface area (TPSA) is 55.3 Å². The molecule has 0 N–H and O–H groups in total. The van der Waals surface area contributed by atoms with Crippen LogP contribution in [0.4, 0.5) is 0 Å². The summed E-state index contributed by atoms with van der Waals surface area (Å²) in [5.41, 5.74) is 1.11. The first-order valence-corrected chi connectivity index (χ1v) is 4.67. The Balaban J connectivity index is 2.97. The van der Waals surface area contributed by atoms with E-state index < -0.39 is 0 Å². The molecule has 1 aromatic rings. The summed E-state index contributed by atoms with van der Waals surface area (Å²) >= 11 is 3.20. The fourth-order valence-corrected chi connectivity index (χ4v) is 1.01. The molecular formula is C8H10BrN3O2. The fourth-order valence-electron chi connectivity index (χ4n) is 0.819. The number of rotatable bonds is 2. The Labute approximate surface area is 90.2 Å². The van der Waals surface area contributed by atoms with Gasteiger partial charge in [-0.1, -0.05) is 0 Å². The minimum absolute atomic E-state index is 0.259. The molecule has 14 heavy (non-hydrogen) atoms. The number of halogens is 1. The summed E-state index contributed by atoms with van der Waals surface area (Å²) in [6, 6.07) is 1.65. The van der Waals surface area contributed by atoms with Crippen LogP contribution < -0.4 is 0 Å². The molecule has 6 heteroatoms. The predicted octanol–water partition coefficient (Wildman–Crippen LogP) is 1.18. The van der Waals surface area contributed by atoms with Crippen molar-refractivity contribution in [2.45, 2.75) is 6.92 Å². The van der Waals surface area contributed by atoms with Gasteiger partial charge in [0.15, 0.2) is 5.69 Å². The van der Waals surface area contributed by atoms with Gasteiger partial charge in [-0.25, -0.2) is 5.06 Å². The number of nitrogens with zero attached hydrogens (tertiary/aromatic N) is 3. The number of amides is 1. The van der Waals surface area contributed by atoms with Gasteiger partial charge in [0.2, 0.25) is 0 Å². The quantitative estimate of drug-likeness (QED) is 0.749. The molecule has 0 aliphatic carbocycles. The zero-order valence-electron chi connectivity index (χ0n) is 8.11. The molecule has 0 saturated carbocycles. The lowest BCUT2D eigenvalue weighted by Gasteiger charge is -2.12. The molecule has 5 nitrogen and oxygen atoms in total. The molecule has 0 aliphatic heterocycles. The van der Waals surface area contributed by atoms with Crippen LogP contribution in [0.15, 0.2) is 10.7 Å². The van der Waals surface area contributed by atoms with Crippen molar-refractivity contribution in [1.82, 2.24) is 15.3 Å². The summed E-state index contributed by atoms with van der Waals surface area (Å²) in [5, 5.41) is 8.61. The van der Waals surface area contributed by atoms with E-state index in [-0.39, 0.29) is 11.6 Å². The SMILES string of the molecule is CON(C)C(=O)c1cc(C)c(Br)nn1. The van der Waals surface area contributed by atoms with E-state index in [1.165, 1.54) is 14.2 Å². The Bertz CT molecular complexity index is 356. The maximum atomic E-state index is 11.5. The summed E-state index contributed by atoms with van der Waals surface area (Å²) in [5.74, 6) is -0.324. The summed E-state index contributed by atoms with van der Waals surface area (Å²) < 4.78 is 0.633. The molecule has 0 aromatic carbocycles. The van der Waals surface area contributed by atoms with Crippen molar-refractivity contribution in [2.75, 3.05) is 14.2 Å². The fraction of sp³-hybridized carbons (Fsp3) is 0.375. The first-order valence-electron chi connectivity index (χ1n) is 3.88. The second-order valence-corrected chi connectivity index (χ2v) is 3.44. The minimum Gasteiger partial charge on any atom is -0.274 e. The van der Waals surface area contributed by atoms with Crippen molar-refractivity contribution in [1.29, 1.82) is 0 Å².